The molecule has 0 amide bonds. The first kappa shape index (κ1) is 24.5. The van der Waals surface area contributed by atoms with Crippen molar-refractivity contribution in [3.8, 4) is 0 Å². The fraction of sp³-hybridized carbons (Fsp3) is 0.423. The van der Waals surface area contributed by atoms with Gasteiger partial charge in [-0.25, -0.2) is 9.97 Å². The Kier molecular flexibility index (Phi) is 7.48. The van der Waals surface area contributed by atoms with Crippen molar-refractivity contribution in [2.75, 3.05) is 0 Å². The summed E-state index contributed by atoms with van der Waals surface area (Å²) in [5, 5.41) is 18.7. The van der Waals surface area contributed by atoms with Crippen LogP contribution in [0.2, 0.25) is 5.15 Å². The van der Waals surface area contributed by atoms with Crippen LogP contribution in [0.1, 0.15) is 57.4 Å². The van der Waals surface area contributed by atoms with Crippen LogP contribution < -0.4 is 0 Å². The molecular weight excluding hydrogens is 452 g/mol. The molecule has 8 heteroatoms. The second-order valence-electron chi connectivity index (χ2n) is 9.17. The number of ether oxygens (including phenoxy) is 1. The number of rotatable bonds is 5. The Morgan fingerprint density at radius 3 is 2.65 bits per heavy atom. The van der Waals surface area contributed by atoms with Gasteiger partial charge in [0.1, 0.15) is 23.4 Å². The number of nitrogens with zero attached hydrogens (tertiary/aromatic N) is 4. The SMILES string of the molecule is CC(C)(O)O.CCc1cnc2cc(CCC3CCC(n4ccc5c(Cl)ncnc54)O3)ccc2c1. The van der Waals surface area contributed by atoms with E-state index in [-0.39, 0.29) is 12.3 Å². The third-order valence-corrected chi connectivity index (χ3v) is 6.13. The van der Waals surface area contributed by atoms with Crippen LogP contribution in [-0.4, -0.2) is 41.6 Å². The number of hydrogen-bond donors (Lipinski definition) is 2. The predicted octanol–water partition coefficient (Wildman–Crippen LogP) is 5.21. The van der Waals surface area contributed by atoms with E-state index in [9.17, 15) is 0 Å². The topological polar surface area (TPSA) is 93.3 Å². The molecule has 0 aliphatic carbocycles. The minimum atomic E-state index is -1.50. The molecule has 2 N–H and O–H groups in total. The first-order valence-corrected chi connectivity index (χ1v) is 12.0. The van der Waals surface area contributed by atoms with E-state index in [0.717, 1.165) is 48.7 Å². The summed E-state index contributed by atoms with van der Waals surface area (Å²) in [6.45, 7) is 4.75. The first-order valence-electron chi connectivity index (χ1n) is 11.7. The molecule has 1 fully saturated rings. The molecule has 7 nitrogen and oxygen atoms in total. The molecule has 180 valence electrons. The fourth-order valence-corrected chi connectivity index (χ4v) is 4.36. The second-order valence-corrected chi connectivity index (χ2v) is 9.53. The summed E-state index contributed by atoms with van der Waals surface area (Å²) >= 11 is 6.17. The molecule has 1 aromatic carbocycles. The summed E-state index contributed by atoms with van der Waals surface area (Å²) in [4.78, 5) is 13.1. The Balaban J connectivity index is 0.000000499. The lowest BCUT2D eigenvalue weighted by Crippen LogP contribution is -2.15. The van der Waals surface area contributed by atoms with Gasteiger partial charge in [0.25, 0.3) is 0 Å². The van der Waals surface area contributed by atoms with Crippen molar-refractivity contribution >= 4 is 33.5 Å². The van der Waals surface area contributed by atoms with E-state index in [1.54, 1.807) is 0 Å². The van der Waals surface area contributed by atoms with Gasteiger partial charge < -0.3 is 19.5 Å². The van der Waals surface area contributed by atoms with Gasteiger partial charge in [-0.15, -0.1) is 0 Å². The number of aryl methyl sites for hydroxylation is 2. The molecule has 34 heavy (non-hydrogen) atoms. The van der Waals surface area contributed by atoms with Gasteiger partial charge >= 0.3 is 0 Å². The molecule has 1 aliphatic rings. The Labute approximate surface area is 204 Å². The molecule has 0 radical (unpaired) electrons. The van der Waals surface area contributed by atoms with E-state index in [2.05, 4.69) is 50.7 Å². The van der Waals surface area contributed by atoms with Crippen LogP contribution in [-0.2, 0) is 17.6 Å². The lowest BCUT2D eigenvalue weighted by Gasteiger charge is -2.16. The average molecular weight is 483 g/mol. The number of fused-ring (bicyclic) bond motifs is 2. The molecule has 0 saturated carbocycles. The van der Waals surface area contributed by atoms with Crippen LogP contribution >= 0.6 is 11.6 Å². The minimum Gasteiger partial charge on any atom is -0.366 e. The predicted molar refractivity (Wildman–Crippen MR) is 134 cm³/mol. The molecule has 3 aromatic heterocycles. The summed E-state index contributed by atoms with van der Waals surface area (Å²) < 4.78 is 8.41. The zero-order chi connectivity index (χ0) is 24.3. The number of benzene rings is 1. The molecule has 1 saturated heterocycles. The molecule has 4 aromatic rings. The number of hydrogen-bond acceptors (Lipinski definition) is 6. The van der Waals surface area contributed by atoms with E-state index in [1.807, 2.05) is 18.5 Å². The maximum Gasteiger partial charge on any atom is 0.156 e. The van der Waals surface area contributed by atoms with Crippen LogP contribution in [0.25, 0.3) is 21.9 Å². The highest BCUT2D eigenvalue weighted by Gasteiger charge is 2.27. The highest BCUT2D eigenvalue weighted by Crippen LogP contribution is 2.34. The van der Waals surface area contributed by atoms with Crippen molar-refractivity contribution in [1.29, 1.82) is 0 Å². The van der Waals surface area contributed by atoms with Gasteiger partial charge in [0, 0.05) is 17.8 Å². The van der Waals surface area contributed by atoms with Gasteiger partial charge in [0.05, 0.1) is 17.0 Å². The van der Waals surface area contributed by atoms with Crippen LogP contribution in [0.5, 0.6) is 0 Å². The molecule has 0 bridgehead atoms. The van der Waals surface area contributed by atoms with Crippen LogP contribution in [0, 0.1) is 0 Å². The molecule has 0 spiro atoms. The highest BCUT2D eigenvalue weighted by atomic mass is 35.5. The van der Waals surface area contributed by atoms with Crippen molar-refractivity contribution in [1.82, 2.24) is 19.5 Å². The first-order chi connectivity index (χ1) is 16.2. The molecule has 2 unspecified atom stereocenters. The van der Waals surface area contributed by atoms with E-state index < -0.39 is 5.79 Å². The number of aromatic nitrogens is 4. The van der Waals surface area contributed by atoms with Crippen LogP contribution in [0.3, 0.4) is 0 Å². The Morgan fingerprint density at radius 1 is 1.09 bits per heavy atom. The summed E-state index contributed by atoms with van der Waals surface area (Å²) in [6, 6.07) is 10.8. The van der Waals surface area contributed by atoms with Gasteiger partial charge in [0.2, 0.25) is 0 Å². The third-order valence-electron chi connectivity index (χ3n) is 5.82. The smallest absolute Gasteiger partial charge is 0.156 e. The Bertz CT molecular complexity index is 1260. The summed E-state index contributed by atoms with van der Waals surface area (Å²) in [5.74, 6) is -1.50. The van der Waals surface area contributed by atoms with Gasteiger partial charge in [-0.1, -0.05) is 30.7 Å². The minimum absolute atomic E-state index is 0.00852. The lowest BCUT2D eigenvalue weighted by molar-refractivity contribution is -0.127. The molecule has 5 rings (SSSR count). The van der Waals surface area contributed by atoms with Crippen LogP contribution in [0.15, 0.2) is 49.1 Å². The molecule has 1 aliphatic heterocycles. The van der Waals surface area contributed by atoms with Gasteiger partial charge in [-0.2, -0.15) is 0 Å². The largest absolute Gasteiger partial charge is 0.366 e. The van der Waals surface area contributed by atoms with E-state index in [0.29, 0.717) is 5.15 Å². The van der Waals surface area contributed by atoms with E-state index in [1.165, 1.54) is 36.7 Å². The van der Waals surface area contributed by atoms with E-state index in [4.69, 9.17) is 26.6 Å². The third kappa shape index (κ3) is 6.10. The fourth-order valence-electron chi connectivity index (χ4n) is 4.17. The summed E-state index contributed by atoms with van der Waals surface area (Å²) in [5.41, 5.74) is 4.50. The Morgan fingerprint density at radius 2 is 1.88 bits per heavy atom. The summed E-state index contributed by atoms with van der Waals surface area (Å²) in [7, 11) is 0. The average Bonchev–Trinajstić information content (AvgIpc) is 3.43. The molecular formula is C26H31ClN4O3. The molecule has 2 atom stereocenters. The van der Waals surface area contributed by atoms with Crippen LogP contribution in [0.4, 0.5) is 0 Å². The zero-order valence-electron chi connectivity index (χ0n) is 19.8. The number of pyridine rings is 1. The zero-order valence-corrected chi connectivity index (χ0v) is 20.5. The maximum atomic E-state index is 8.08. The van der Waals surface area contributed by atoms with Gasteiger partial charge in [0.15, 0.2) is 5.79 Å². The standard InChI is InChI=1S/C23H23ClN4O.C3H8O2/c1-2-15-11-17-5-3-16(12-20(17)25-13-15)4-6-18-7-8-21(29-18)28-10-9-19-22(24)26-14-27-23(19)28;1-3(2,4)5/h3,5,9-14,18,21H,2,4,6-8H2,1H3;4-5H,1-2H3. The van der Waals surface area contributed by atoms with Crippen molar-refractivity contribution in [2.24, 2.45) is 0 Å². The quantitative estimate of drug-likeness (QED) is 0.299. The van der Waals surface area contributed by atoms with E-state index >= 15 is 0 Å². The van der Waals surface area contributed by atoms with Crippen molar-refractivity contribution in [2.45, 2.75) is 71.0 Å². The Hall–Kier alpha value is -2.58. The van der Waals surface area contributed by atoms with Crippen molar-refractivity contribution < 1.29 is 14.9 Å². The second kappa shape index (κ2) is 10.4. The number of halogens is 1. The van der Waals surface area contributed by atoms with Crippen molar-refractivity contribution in [3.63, 3.8) is 0 Å². The van der Waals surface area contributed by atoms with Gasteiger partial charge in [-0.05, 0) is 75.3 Å². The summed E-state index contributed by atoms with van der Waals surface area (Å²) in [6.07, 6.45) is 10.8. The van der Waals surface area contributed by atoms with Gasteiger partial charge in [-0.3, -0.25) is 4.98 Å². The highest BCUT2D eigenvalue weighted by molar-refractivity contribution is 6.33. The lowest BCUT2D eigenvalue weighted by atomic mass is 10.0. The molecule has 4 heterocycles. The normalized spacial score (nSPS) is 18.3. The monoisotopic (exact) mass is 482 g/mol. The number of aliphatic hydroxyl groups is 2. The maximum absolute atomic E-state index is 8.08. The van der Waals surface area contributed by atoms with Crippen molar-refractivity contribution in [3.05, 3.63) is 65.3 Å².